The van der Waals surface area contributed by atoms with E-state index in [1.165, 1.54) is 0 Å². The van der Waals surface area contributed by atoms with E-state index in [0.29, 0.717) is 35.7 Å². The third-order valence-electron chi connectivity index (χ3n) is 7.68. The van der Waals surface area contributed by atoms with Crippen LogP contribution in [0.1, 0.15) is 69.4 Å². The first-order chi connectivity index (χ1) is 17.1. The van der Waals surface area contributed by atoms with Gasteiger partial charge in [-0.05, 0) is 61.6 Å². The molecule has 1 aliphatic rings. The van der Waals surface area contributed by atoms with Crippen molar-refractivity contribution in [2.45, 2.75) is 65.0 Å². The highest BCUT2D eigenvalue weighted by Gasteiger charge is 2.50. The van der Waals surface area contributed by atoms with Crippen LogP contribution in [0, 0.1) is 11.3 Å². The topological polar surface area (TPSA) is 107 Å². The molecule has 0 spiro atoms. The van der Waals surface area contributed by atoms with Gasteiger partial charge in [-0.15, -0.1) is 0 Å². The number of likely N-dealkylation sites (tertiary alicyclic amines) is 1. The monoisotopic (exact) mass is 528 g/mol. The van der Waals surface area contributed by atoms with E-state index >= 15 is 0 Å². The molecule has 1 saturated heterocycles. The molecule has 2 unspecified atom stereocenters. The molecule has 0 aromatic heterocycles. The lowest BCUT2D eigenvalue weighted by Crippen LogP contribution is -2.60. The van der Waals surface area contributed by atoms with E-state index in [4.69, 9.17) is 11.6 Å². The van der Waals surface area contributed by atoms with E-state index in [0.717, 1.165) is 5.56 Å². The summed E-state index contributed by atoms with van der Waals surface area (Å²) in [5.41, 5.74) is -1.41. The molecule has 3 N–H and O–H groups in total. The lowest BCUT2D eigenvalue weighted by atomic mass is 9.66. The number of amides is 2. The molecular formula is C29H37ClN2O5. The molecule has 1 heterocycles. The number of nitrogens with zero attached hydrogens (tertiary/aromatic N) is 1. The first-order valence-corrected chi connectivity index (χ1v) is 12.9. The van der Waals surface area contributed by atoms with Gasteiger partial charge in [0.25, 0.3) is 5.91 Å². The maximum atomic E-state index is 13.6. The predicted molar refractivity (Wildman–Crippen MR) is 144 cm³/mol. The Hall–Kier alpha value is -2.90. The van der Waals surface area contributed by atoms with Crippen molar-refractivity contribution in [2.24, 2.45) is 11.3 Å². The second kappa shape index (κ2) is 10.5. The van der Waals surface area contributed by atoms with Crippen molar-refractivity contribution in [3.05, 3.63) is 70.2 Å². The minimum Gasteiger partial charge on any atom is -0.481 e. The van der Waals surface area contributed by atoms with Gasteiger partial charge >= 0.3 is 5.97 Å². The Labute approximate surface area is 223 Å². The van der Waals surface area contributed by atoms with Gasteiger partial charge in [-0.2, -0.15) is 0 Å². The minimum atomic E-state index is -1.16. The van der Waals surface area contributed by atoms with Crippen LogP contribution in [0.3, 0.4) is 0 Å². The van der Waals surface area contributed by atoms with Crippen molar-refractivity contribution < 1.29 is 24.6 Å². The molecule has 1 aliphatic heterocycles. The molecule has 2 amide bonds. The second-order valence-corrected chi connectivity index (χ2v) is 11.9. The number of carbonyl (C=O) groups excluding carboxylic acids is 2. The van der Waals surface area contributed by atoms with E-state index < -0.39 is 34.3 Å². The zero-order chi connectivity index (χ0) is 27.8. The molecule has 3 rings (SSSR count). The van der Waals surface area contributed by atoms with Crippen molar-refractivity contribution in [2.75, 3.05) is 13.1 Å². The number of rotatable bonds is 7. The summed E-state index contributed by atoms with van der Waals surface area (Å²) in [6, 6.07) is 12.8. The number of nitrogens with one attached hydrogen (secondary N) is 1. The van der Waals surface area contributed by atoms with E-state index in [2.05, 4.69) is 5.32 Å². The normalized spacial score (nSPS) is 20.4. The number of carboxylic acids is 1. The number of hydrogen-bond donors (Lipinski definition) is 3. The number of carbonyl (C=O) groups is 3. The maximum absolute atomic E-state index is 13.6. The van der Waals surface area contributed by atoms with Gasteiger partial charge in [0.15, 0.2) is 0 Å². The van der Waals surface area contributed by atoms with Gasteiger partial charge in [0.2, 0.25) is 5.91 Å². The number of carboxylic acid groups (broad SMARTS) is 1. The van der Waals surface area contributed by atoms with E-state index in [-0.39, 0.29) is 11.8 Å². The van der Waals surface area contributed by atoms with E-state index in [1.807, 2.05) is 39.8 Å². The Bertz CT molecular complexity index is 1180. The third-order valence-corrected chi connectivity index (χ3v) is 7.94. The van der Waals surface area contributed by atoms with Gasteiger partial charge in [-0.1, -0.05) is 63.6 Å². The first kappa shape index (κ1) is 28.7. The highest BCUT2D eigenvalue weighted by atomic mass is 35.5. The minimum absolute atomic E-state index is 0.185. The molecule has 8 heteroatoms. The van der Waals surface area contributed by atoms with Crippen LogP contribution < -0.4 is 5.32 Å². The van der Waals surface area contributed by atoms with Crippen molar-refractivity contribution in [3.63, 3.8) is 0 Å². The average Bonchev–Trinajstić information content (AvgIpc) is 2.83. The lowest BCUT2D eigenvalue weighted by Gasteiger charge is -2.51. The molecule has 0 bridgehead atoms. The molecule has 37 heavy (non-hydrogen) atoms. The van der Waals surface area contributed by atoms with E-state index in [1.54, 1.807) is 55.1 Å². The molecule has 1 fully saturated rings. The number of aliphatic carboxylic acids is 1. The molecule has 0 aliphatic carbocycles. The summed E-state index contributed by atoms with van der Waals surface area (Å²) in [5, 5.41) is 24.6. The van der Waals surface area contributed by atoms with Gasteiger partial charge in [-0.3, -0.25) is 14.4 Å². The summed E-state index contributed by atoms with van der Waals surface area (Å²) in [7, 11) is 0. The number of piperidine rings is 1. The van der Waals surface area contributed by atoms with Crippen LogP contribution in [0.25, 0.3) is 0 Å². The first-order valence-electron chi connectivity index (χ1n) is 12.5. The highest BCUT2D eigenvalue weighted by molar-refractivity contribution is 6.30. The molecule has 2 aromatic rings. The Balaban J connectivity index is 1.79. The largest absolute Gasteiger partial charge is 0.481 e. The fourth-order valence-corrected chi connectivity index (χ4v) is 5.00. The Morgan fingerprint density at radius 1 is 1.08 bits per heavy atom. The van der Waals surface area contributed by atoms with Gasteiger partial charge in [0, 0.05) is 29.1 Å². The van der Waals surface area contributed by atoms with Crippen molar-refractivity contribution in [1.82, 2.24) is 10.2 Å². The Kier molecular flexibility index (Phi) is 8.11. The maximum Gasteiger partial charge on any atom is 0.313 e. The quantitative estimate of drug-likeness (QED) is 0.487. The summed E-state index contributed by atoms with van der Waals surface area (Å²) in [5.74, 6) is -1.83. The summed E-state index contributed by atoms with van der Waals surface area (Å²) in [6.45, 7) is 11.4. The molecule has 2 atom stereocenters. The second-order valence-electron chi connectivity index (χ2n) is 11.5. The molecular weight excluding hydrogens is 492 g/mol. The third kappa shape index (κ3) is 5.68. The van der Waals surface area contributed by atoms with Crippen molar-refractivity contribution in [3.8, 4) is 0 Å². The van der Waals surface area contributed by atoms with Crippen LogP contribution in [-0.4, -0.2) is 52.0 Å². The number of aliphatic hydroxyl groups is 1. The number of hydrogen-bond acceptors (Lipinski definition) is 4. The molecule has 2 aromatic carbocycles. The van der Waals surface area contributed by atoms with Crippen LogP contribution in [0.4, 0.5) is 0 Å². The summed E-state index contributed by atoms with van der Waals surface area (Å²) >= 11 is 6.03. The number of benzene rings is 2. The van der Waals surface area contributed by atoms with Gasteiger partial charge < -0.3 is 20.4 Å². The lowest BCUT2D eigenvalue weighted by molar-refractivity contribution is -0.155. The smallest absolute Gasteiger partial charge is 0.313 e. The van der Waals surface area contributed by atoms with Gasteiger partial charge in [0.1, 0.15) is 6.04 Å². The molecule has 0 radical (unpaired) electrons. The Morgan fingerprint density at radius 2 is 1.70 bits per heavy atom. The SMILES string of the molecule is CC(C)C(NC(=O)c1cccc(C(C)(C)C(=O)O)c1)C(=O)N1CCC(O)(c2ccc(Cl)cc2)C(C)(C)C1. The predicted octanol–water partition coefficient (Wildman–Crippen LogP) is 4.60. The van der Waals surface area contributed by atoms with Crippen molar-refractivity contribution >= 4 is 29.4 Å². The molecule has 7 nitrogen and oxygen atoms in total. The zero-order valence-corrected chi connectivity index (χ0v) is 23.1. The summed E-state index contributed by atoms with van der Waals surface area (Å²) in [4.78, 5) is 40.2. The number of halogens is 1. The molecule has 0 saturated carbocycles. The van der Waals surface area contributed by atoms with Crippen molar-refractivity contribution in [1.29, 1.82) is 0 Å². The fraction of sp³-hybridized carbons (Fsp3) is 0.483. The van der Waals surface area contributed by atoms with E-state index in [9.17, 15) is 24.6 Å². The van der Waals surface area contributed by atoms with Crippen LogP contribution >= 0.6 is 11.6 Å². The fourth-order valence-electron chi connectivity index (χ4n) is 4.88. The Morgan fingerprint density at radius 3 is 2.24 bits per heavy atom. The van der Waals surface area contributed by atoms with Gasteiger partial charge in [0.05, 0.1) is 11.0 Å². The molecule has 200 valence electrons. The van der Waals surface area contributed by atoms with Gasteiger partial charge in [-0.25, -0.2) is 0 Å². The van der Waals surface area contributed by atoms with Crippen LogP contribution in [-0.2, 0) is 20.6 Å². The highest BCUT2D eigenvalue weighted by Crippen LogP contribution is 2.46. The summed E-state index contributed by atoms with van der Waals surface area (Å²) in [6.07, 6.45) is 0.346. The van der Waals surface area contributed by atoms with Crippen LogP contribution in [0.15, 0.2) is 48.5 Å². The summed E-state index contributed by atoms with van der Waals surface area (Å²) < 4.78 is 0. The van der Waals surface area contributed by atoms with Crippen LogP contribution in [0.2, 0.25) is 5.02 Å². The average molecular weight is 529 g/mol. The zero-order valence-electron chi connectivity index (χ0n) is 22.3. The standard InChI is InChI=1S/C29H37ClN2O5/c1-18(2)23(31-24(33)19-8-7-9-21(16-19)28(5,6)26(35)36)25(34)32-15-14-29(37,27(3,4)17-32)20-10-12-22(30)13-11-20/h7-13,16,18,23,37H,14-15,17H2,1-6H3,(H,31,33)(H,35,36). The van der Waals surface area contributed by atoms with Crippen LogP contribution in [0.5, 0.6) is 0 Å².